The molecule has 0 aromatic rings. The maximum absolute atomic E-state index is 6.29. The molecule has 16 heavy (non-hydrogen) atoms. The molecule has 0 amide bonds. The van der Waals surface area contributed by atoms with Gasteiger partial charge < -0.3 is 10.5 Å². The van der Waals surface area contributed by atoms with Crippen molar-refractivity contribution in [1.29, 1.82) is 0 Å². The van der Waals surface area contributed by atoms with Crippen molar-refractivity contribution in [2.75, 3.05) is 7.11 Å². The van der Waals surface area contributed by atoms with E-state index in [1.165, 1.54) is 12.8 Å². The third kappa shape index (κ3) is 3.23. The molecule has 1 rings (SSSR count). The Bertz CT molecular complexity index is 236. The average molecular weight is 223 g/mol. The van der Waals surface area contributed by atoms with Crippen LogP contribution in [0.3, 0.4) is 0 Å². The first-order valence-corrected chi connectivity index (χ1v) is 6.39. The SMILES string of the molecule is C#CCCCC(N)C1(OC)CCC(C)CC1. The minimum absolute atomic E-state index is 0.0822. The van der Waals surface area contributed by atoms with Crippen LogP contribution in [-0.4, -0.2) is 18.8 Å². The van der Waals surface area contributed by atoms with E-state index < -0.39 is 0 Å². The van der Waals surface area contributed by atoms with Crippen LogP contribution >= 0.6 is 0 Å². The molecular formula is C14H25NO. The predicted octanol–water partition coefficient (Wildman–Crippen LogP) is 2.71. The van der Waals surface area contributed by atoms with Crippen LogP contribution in [0.5, 0.6) is 0 Å². The molecular weight excluding hydrogens is 198 g/mol. The van der Waals surface area contributed by atoms with E-state index in [9.17, 15) is 0 Å². The Morgan fingerprint density at radius 1 is 1.50 bits per heavy atom. The van der Waals surface area contributed by atoms with E-state index in [0.717, 1.165) is 38.0 Å². The van der Waals surface area contributed by atoms with E-state index in [0.29, 0.717) is 0 Å². The van der Waals surface area contributed by atoms with Gasteiger partial charge >= 0.3 is 0 Å². The Labute approximate surface area is 99.9 Å². The second-order valence-corrected chi connectivity index (χ2v) is 5.15. The Hall–Kier alpha value is -0.520. The number of ether oxygens (including phenoxy) is 1. The number of hydrogen-bond acceptors (Lipinski definition) is 2. The quantitative estimate of drug-likeness (QED) is 0.574. The van der Waals surface area contributed by atoms with Crippen LogP contribution < -0.4 is 5.73 Å². The fraction of sp³-hybridized carbons (Fsp3) is 0.857. The molecule has 1 unspecified atom stereocenters. The second kappa shape index (κ2) is 6.27. The molecule has 2 nitrogen and oxygen atoms in total. The molecule has 1 saturated carbocycles. The summed E-state index contributed by atoms with van der Waals surface area (Å²) in [5.41, 5.74) is 6.20. The summed E-state index contributed by atoms with van der Waals surface area (Å²) in [6, 6.07) is 0.137. The predicted molar refractivity (Wildman–Crippen MR) is 68.0 cm³/mol. The molecule has 0 aromatic carbocycles. The lowest BCUT2D eigenvalue weighted by molar-refractivity contribution is -0.0679. The molecule has 1 atom stereocenters. The first-order chi connectivity index (χ1) is 7.64. The smallest absolute Gasteiger partial charge is 0.0829 e. The van der Waals surface area contributed by atoms with Crippen LogP contribution in [0.25, 0.3) is 0 Å². The van der Waals surface area contributed by atoms with E-state index in [4.69, 9.17) is 16.9 Å². The first-order valence-electron chi connectivity index (χ1n) is 6.39. The zero-order valence-electron chi connectivity index (χ0n) is 10.7. The van der Waals surface area contributed by atoms with Crippen molar-refractivity contribution in [3.63, 3.8) is 0 Å². The molecule has 0 aliphatic heterocycles. The average Bonchev–Trinajstić information content (AvgIpc) is 2.31. The highest BCUT2D eigenvalue weighted by molar-refractivity contribution is 4.95. The van der Waals surface area contributed by atoms with E-state index in [-0.39, 0.29) is 11.6 Å². The molecule has 0 saturated heterocycles. The lowest BCUT2D eigenvalue weighted by Crippen LogP contribution is -2.51. The summed E-state index contributed by atoms with van der Waals surface area (Å²) in [6.07, 6.45) is 12.7. The number of rotatable bonds is 5. The molecule has 1 aliphatic carbocycles. The minimum Gasteiger partial charge on any atom is -0.377 e. The summed E-state index contributed by atoms with van der Waals surface area (Å²) in [5.74, 6) is 3.49. The van der Waals surface area contributed by atoms with Gasteiger partial charge in [0.05, 0.1) is 5.60 Å². The topological polar surface area (TPSA) is 35.2 Å². The Morgan fingerprint density at radius 3 is 2.62 bits per heavy atom. The van der Waals surface area contributed by atoms with Gasteiger partial charge in [-0.1, -0.05) is 6.92 Å². The molecule has 0 radical (unpaired) electrons. The summed E-state index contributed by atoms with van der Waals surface area (Å²) < 4.78 is 5.74. The van der Waals surface area contributed by atoms with E-state index >= 15 is 0 Å². The van der Waals surface area contributed by atoms with E-state index in [2.05, 4.69) is 12.8 Å². The number of terminal acetylenes is 1. The lowest BCUT2D eigenvalue weighted by Gasteiger charge is -2.42. The summed E-state index contributed by atoms with van der Waals surface area (Å²) in [5, 5.41) is 0. The highest BCUT2D eigenvalue weighted by Crippen LogP contribution is 2.37. The molecule has 0 bridgehead atoms. The van der Waals surface area contributed by atoms with Crippen LogP contribution in [0.1, 0.15) is 51.9 Å². The zero-order chi connectivity index (χ0) is 12.0. The van der Waals surface area contributed by atoms with Crippen molar-refractivity contribution in [3.8, 4) is 12.3 Å². The maximum Gasteiger partial charge on any atom is 0.0829 e. The monoisotopic (exact) mass is 223 g/mol. The van der Waals surface area contributed by atoms with Crippen LogP contribution in [-0.2, 0) is 4.74 Å². The Kier molecular flexibility index (Phi) is 5.31. The number of hydrogen-bond donors (Lipinski definition) is 1. The van der Waals surface area contributed by atoms with Crippen molar-refractivity contribution in [2.24, 2.45) is 11.7 Å². The fourth-order valence-corrected chi connectivity index (χ4v) is 2.66. The third-order valence-electron chi connectivity index (χ3n) is 4.04. The summed E-state index contributed by atoms with van der Waals surface area (Å²) in [7, 11) is 1.80. The van der Waals surface area contributed by atoms with Gasteiger partial charge in [0.15, 0.2) is 0 Å². The molecule has 1 aliphatic rings. The van der Waals surface area contributed by atoms with Gasteiger partial charge in [0, 0.05) is 19.6 Å². The molecule has 0 spiro atoms. The third-order valence-corrected chi connectivity index (χ3v) is 4.04. The van der Waals surface area contributed by atoms with Crippen molar-refractivity contribution in [3.05, 3.63) is 0 Å². The Morgan fingerprint density at radius 2 is 2.12 bits per heavy atom. The van der Waals surface area contributed by atoms with Gasteiger partial charge in [-0.05, 0) is 44.4 Å². The van der Waals surface area contributed by atoms with Crippen molar-refractivity contribution in [1.82, 2.24) is 0 Å². The largest absolute Gasteiger partial charge is 0.377 e. The van der Waals surface area contributed by atoms with Gasteiger partial charge in [0.25, 0.3) is 0 Å². The minimum atomic E-state index is -0.0822. The summed E-state index contributed by atoms with van der Waals surface area (Å²) >= 11 is 0. The molecule has 92 valence electrons. The molecule has 1 fully saturated rings. The molecule has 2 heteroatoms. The summed E-state index contributed by atoms with van der Waals surface area (Å²) in [4.78, 5) is 0. The normalized spacial score (nSPS) is 32.0. The van der Waals surface area contributed by atoms with Crippen molar-refractivity contribution < 1.29 is 4.74 Å². The molecule has 0 heterocycles. The standard InChI is InChI=1S/C14H25NO/c1-4-5-6-7-13(15)14(16-3)10-8-12(2)9-11-14/h1,12-13H,5-11,15H2,2-3H3. The molecule has 2 N–H and O–H groups in total. The maximum atomic E-state index is 6.29. The van der Waals surface area contributed by atoms with Gasteiger partial charge in [-0.3, -0.25) is 0 Å². The van der Waals surface area contributed by atoms with Crippen LogP contribution in [0.15, 0.2) is 0 Å². The summed E-state index contributed by atoms with van der Waals surface area (Å²) in [6.45, 7) is 2.31. The van der Waals surface area contributed by atoms with Gasteiger partial charge in [0.2, 0.25) is 0 Å². The second-order valence-electron chi connectivity index (χ2n) is 5.15. The van der Waals surface area contributed by atoms with Gasteiger partial charge in [0.1, 0.15) is 0 Å². The number of nitrogens with two attached hydrogens (primary N) is 1. The van der Waals surface area contributed by atoms with Crippen molar-refractivity contribution in [2.45, 2.75) is 63.5 Å². The van der Waals surface area contributed by atoms with Gasteiger partial charge in [-0.2, -0.15) is 0 Å². The van der Waals surface area contributed by atoms with Gasteiger partial charge in [-0.25, -0.2) is 0 Å². The van der Waals surface area contributed by atoms with Crippen LogP contribution in [0.2, 0.25) is 0 Å². The number of methoxy groups -OCH3 is 1. The first kappa shape index (κ1) is 13.5. The van der Waals surface area contributed by atoms with E-state index in [1.54, 1.807) is 7.11 Å². The van der Waals surface area contributed by atoms with Gasteiger partial charge in [-0.15, -0.1) is 12.3 Å². The highest BCUT2D eigenvalue weighted by Gasteiger charge is 2.39. The lowest BCUT2D eigenvalue weighted by atomic mass is 9.74. The molecule has 0 aromatic heterocycles. The zero-order valence-corrected chi connectivity index (χ0v) is 10.7. The van der Waals surface area contributed by atoms with E-state index in [1.807, 2.05) is 0 Å². The van der Waals surface area contributed by atoms with Crippen LogP contribution in [0, 0.1) is 18.3 Å². The number of unbranched alkanes of at least 4 members (excludes halogenated alkanes) is 1. The fourth-order valence-electron chi connectivity index (χ4n) is 2.66. The van der Waals surface area contributed by atoms with Crippen LogP contribution in [0.4, 0.5) is 0 Å². The highest BCUT2D eigenvalue weighted by atomic mass is 16.5. The van der Waals surface area contributed by atoms with Crippen molar-refractivity contribution >= 4 is 0 Å². The Balaban J connectivity index is 2.48.